The normalized spacial score (nSPS) is 15.7. The molecule has 2 heterocycles. The van der Waals surface area contributed by atoms with Gasteiger partial charge in [0, 0.05) is 5.56 Å². The number of benzene rings is 2. The highest BCUT2D eigenvalue weighted by molar-refractivity contribution is 6.03. The fourth-order valence-corrected chi connectivity index (χ4v) is 3.04. The second kappa shape index (κ2) is 6.84. The maximum Gasteiger partial charge on any atom is 0.249 e. The predicted octanol–water partition coefficient (Wildman–Crippen LogP) is 3.49. The standard InChI is InChI=1S/C19H13F3N4O2/c20-12-6-7-13(17(22)16(12)21)24-19(28)14-8-15(27)25-18-11(9-23-26(14)18)10-4-2-1-3-5-10/h1-7,9,14H,8H2,(H,24,28)(H,25,27). The first-order chi connectivity index (χ1) is 13.5. The number of hydrogen-bond acceptors (Lipinski definition) is 3. The molecule has 0 saturated carbocycles. The van der Waals surface area contributed by atoms with Crippen molar-refractivity contribution < 1.29 is 22.8 Å². The summed E-state index contributed by atoms with van der Waals surface area (Å²) in [5, 5.41) is 9.06. The summed E-state index contributed by atoms with van der Waals surface area (Å²) in [5.74, 6) is -5.44. The maximum atomic E-state index is 13.9. The first-order valence-corrected chi connectivity index (χ1v) is 8.33. The van der Waals surface area contributed by atoms with E-state index in [0.29, 0.717) is 17.4 Å². The monoisotopic (exact) mass is 386 g/mol. The van der Waals surface area contributed by atoms with Crippen LogP contribution in [0, 0.1) is 17.5 Å². The van der Waals surface area contributed by atoms with E-state index in [1.54, 1.807) is 0 Å². The number of carbonyl (C=O) groups excluding carboxylic acids is 2. The zero-order valence-corrected chi connectivity index (χ0v) is 14.2. The van der Waals surface area contributed by atoms with E-state index >= 15 is 0 Å². The van der Waals surface area contributed by atoms with Gasteiger partial charge in [-0.1, -0.05) is 30.3 Å². The van der Waals surface area contributed by atoms with E-state index in [4.69, 9.17) is 0 Å². The van der Waals surface area contributed by atoms with Crippen molar-refractivity contribution in [2.24, 2.45) is 0 Å². The van der Waals surface area contributed by atoms with E-state index < -0.39 is 41.0 Å². The first kappa shape index (κ1) is 17.8. The lowest BCUT2D eigenvalue weighted by atomic mass is 10.1. The third-order valence-corrected chi connectivity index (χ3v) is 4.41. The van der Waals surface area contributed by atoms with Gasteiger partial charge in [-0.3, -0.25) is 9.59 Å². The molecule has 0 bridgehead atoms. The molecule has 0 fully saturated rings. The molecule has 2 amide bonds. The molecule has 4 rings (SSSR count). The fraction of sp³-hybridized carbons (Fsp3) is 0.105. The van der Waals surface area contributed by atoms with E-state index in [9.17, 15) is 22.8 Å². The largest absolute Gasteiger partial charge is 0.322 e. The summed E-state index contributed by atoms with van der Waals surface area (Å²) in [4.78, 5) is 24.8. The summed E-state index contributed by atoms with van der Waals surface area (Å²) < 4.78 is 41.6. The zero-order chi connectivity index (χ0) is 19.8. The Kier molecular flexibility index (Phi) is 4.34. The van der Waals surface area contributed by atoms with Gasteiger partial charge in [0.1, 0.15) is 11.9 Å². The van der Waals surface area contributed by atoms with Crippen molar-refractivity contribution >= 4 is 23.3 Å². The molecule has 1 aromatic heterocycles. The summed E-state index contributed by atoms with van der Waals surface area (Å²) >= 11 is 0. The van der Waals surface area contributed by atoms with E-state index in [0.717, 1.165) is 11.6 Å². The SMILES string of the molecule is O=C1CC(C(=O)Nc2ccc(F)c(F)c2F)n2ncc(-c3ccccc3)c2N1. The minimum atomic E-state index is -1.69. The Morgan fingerprint density at radius 3 is 2.61 bits per heavy atom. The van der Waals surface area contributed by atoms with Crippen molar-refractivity contribution in [3.05, 3.63) is 66.1 Å². The molecular formula is C19H13F3N4O2. The van der Waals surface area contributed by atoms with Crippen LogP contribution in [0.25, 0.3) is 11.1 Å². The highest BCUT2D eigenvalue weighted by Gasteiger charge is 2.33. The number of nitrogens with one attached hydrogen (secondary N) is 2. The molecule has 0 aliphatic carbocycles. The van der Waals surface area contributed by atoms with Gasteiger partial charge in [0.15, 0.2) is 17.5 Å². The lowest BCUT2D eigenvalue weighted by molar-refractivity contribution is -0.125. The van der Waals surface area contributed by atoms with Gasteiger partial charge in [-0.15, -0.1) is 0 Å². The van der Waals surface area contributed by atoms with Crippen LogP contribution in [-0.4, -0.2) is 21.6 Å². The molecule has 0 spiro atoms. The summed E-state index contributed by atoms with van der Waals surface area (Å²) in [5.41, 5.74) is 0.883. The van der Waals surface area contributed by atoms with Gasteiger partial charge in [-0.2, -0.15) is 5.10 Å². The lowest BCUT2D eigenvalue weighted by Crippen LogP contribution is -2.36. The van der Waals surface area contributed by atoms with Crippen molar-refractivity contribution in [3.63, 3.8) is 0 Å². The maximum absolute atomic E-state index is 13.9. The minimum Gasteiger partial charge on any atom is -0.322 e. The molecule has 1 aliphatic rings. The van der Waals surface area contributed by atoms with Crippen molar-refractivity contribution in [1.29, 1.82) is 0 Å². The molecule has 0 radical (unpaired) electrons. The number of rotatable bonds is 3. The second-order valence-electron chi connectivity index (χ2n) is 6.20. The van der Waals surface area contributed by atoms with Crippen LogP contribution in [0.5, 0.6) is 0 Å². The quantitative estimate of drug-likeness (QED) is 0.677. The molecule has 28 heavy (non-hydrogen) atoms. The van der Waals surface area contributed by atoms with Crippen molar-refractivity contribution in [2.45, 2.75) is 12.5 Å². The highest BCUT2D eigenvalue weighted by atomic mass is 19.2. The second-order valence-corrected chi connectivity index (χ2v) is 6.20. The highest BCUT2D eigenvalue weighted by Crippen LogP contribution is 2.34. The zero-order valence-electron chi connectivity index (χ0n) is 14.2. The number of halogens is 3. The number of anilines is 2. The molecule has 1 atom stereocenters. The number of aromatic nitrogens is 2. The van der Waals surface area contributed by atoms with Gasteiger partial charge in [0.25, 0.3) is 0 Å². The number of carbonyl (C=O) groups is 2. The van der Waals surface area contributed by atoms with Crippen molar-refractivity contribution in [2.75, 3.05) is 10.6 Å². The Balaban J connectivity index is 1.67. The minimum absolute atomic E-state index is 0.236. The van der Waals surface area contributed by atoms with Crippen LogP contribution in [0.3, 0.4) is 0 Å². The van der Waals surface area contributed by atoms with E-state index in [2.05, 4.69) is 15.7 Å². The van der Waals surface area contributed by atoms with Gasteiger partial charge >= 0.3 is 0 Å². The van der Waals surface area contributed by atoms with Gasteiger partial charge in [0.05, 0.1) is 18.3 Å². The Hall–Kier alpha value is -3.62. The lowest BCUT2D eigenvalue weighted by Gasteiger charge is -2.24. The van der Waals surface area contributed by atoms with E-state index in [1.165, 1.54) is 10.9 Å². The molecule has 142 valence electrons. The number of nitrogens with zero attached hydrogens (tertiary/aromatic N) is 2. The van der Waals surface area contributed by atoms with E-state index in [1.807, 2.05) is 30.3 Å². The molecule has 1 aliphatic heterocycles. The van der Waals surface area contributed by atoms with Crippen LogP contribution in [-0.2, 0) is 9.59 Å². The number of amides is 2. The Morgan fingerprint density at radius 2 is 1.86 bits per heavy atom. The summed E-state index contributed by atoms with van der Waals surface area (Å²) in [6.45, 7) is 0. The molecule has 0 saturated heterocycles. The van der Waals surface area contributed by atoms with Gasteiger partial charge in [0.2, 0.25) is 11.8 Å². The van der Waals surface area contributed by atoms with Gasteiger partial charge < -0.3 is 10.6 Å². The number of hydrogen-bond donors (Lipinski definition) is 2. The van der Waals surface area contributed by atoms with Crippen LogP contribution in [0.1, 0.15) is 12.5 Å². The third-order valence-electron chi connectivity index (χ3n) is 4.41. The molecule has 2 N–H and O–H groups in total. The van der Waals surface area contributed by atoms with Crippen LogP contribution >= 0.6 is 0 Å². The van der Waals surface area contributed by atoms with E-state index in [-0.39, 0.29) is 6.42 Å². The Labute approximate surface area is 157 Å². The molecule has 6 nitrogen and oxygen atoms in total. The van der Waals surface area contributed by atoms with Crippen LogP contribution in [0.2, 0.25) is 0 Å². The Morgan fingerprint density at radius 1 is 1.11 bits per heavy atom. The summed E-state index contributed by atoms with van der Waals surface area (Å²) in [7, 11) is 0. The van der Waals surface area contributed by atoms with Crippen molar-refractivity contribution in [3.8, 4) is 11.1 Å². The Bertz CT molecular complexity index is 1080. The molecule has 3 aromatic rings. The van der Waals surface area contributed by atoms with Crippen LogP contribution < -0.4 is 10.6 Å². The smallest absolute Gasteiger partial charge is 0.249 e. The average Bonchev–Trinajstić information content (AvgIpc) is 3.12. The van der Waals surface area contributed by atoms with Crippen molar-refractivity contribution in [1.82, 2.24) is 9.78 Å². The topological polar surface area (TPSA) is 76.0 Å². The molecule has 1 unspecified atom stereocenters. The summed E-state index contributed by atoms with van der Waals surface area (Å²) in [6.07, 6.45) is 1.27. The van der Waals surface area contributed by atoms with Crippen LogP contribution in [0.4, 0.5) is 24.7 Å². The summed E-state index contributed by atoms with van der Waals surface area (Å²) in [6, 6.07) is 9.66. The number of fused-ring (bicyclic) bond motifs is 1. The molecule has 9 heteroatoms. The molecular weight excluding hydrogens is 373 g/mol. The molecule has 2 aromatic carbocycles. The van der Waals surface area contributed by atoms with Gasteiger partial charge in [-0.05, 0) is 17.7 Å². The predicted molar refractivity (Wildman–Crippen MR) is 94.9 cm³/mol. The average molecular weight is 386 g/mol. The first-order valence-electron chi connectivity index (χ1n) is 8.33. The fourth-order valence-electron chi connectivity index (χ4n) is 3.04. The van der Waals surface area contributed by atoms with Crippen LogP contribution in [0.15, 0.2) is 48.7 Å². The van der Waals surface area contributed by atoms with Gasteiger partial charge in [-0.25, -0.2) is 17.9 Å². The third kappa shape index (κ3) is 3.00.